The van der Waals surface area contributed by atoms with E-state index in [-0.39, 0.29) is 18.6 Å². The van der Waals surface area contributed by atoms with Crippen LogP contribution in [0.1, 0.15) is 30.6 Å². The van der Waals surface area contributed by atoms with E-state index in [0.717, 1.165) is 17.7 Å². The lowest BCUT2D eigenvalue weighted by atomic mass is 10.0. The van der Waals surface area contributed by atoms with E-state index in [1.165, 1.54) is 0 Å². The normalized spacial score (nSPS) is 19.5. The second kappa shape index (κ2) is 6.50. The molecule has 1 heterocycles. The molecule has 2 rings (SSSR count). The van der Waals surface area contributed by atoms with E-state index in [0.29, 0.717) is 6.61 Å². The molecule has 0 bridgehead atoms. The molecule has 0 amide bonds. The van der Waals surface area contributed by atoms with Crippen LogP contribution in [0.3, 0.4) is 0 Å². The molecule has 0 radical (unpaired) electrons. The Morgan fingerprint density at radius 1 is 1.58 bits per heavy atom. The van der Waals surface area contributed by atoms with Gasteiger partial charge in [-0.15, -0.1) is 0 Å². The van der Waals surface area contributed by atoms with Gasteiger partial charge in [0.1, 0.15) is 6.10 Å². The summed E-state index contributed by atoms with van der Waals surface area (Å²) in [5.41, 5.74) is 2.05. The van der Waals surface area contributed by atoms with Gasteiger partial charge in [-0.1, -0.05) is 36.4 Å². The maximum absolute atomic E-state index is 10.5. The van der Waals surface area contributed by atoms with E-state index in [2.05, 4.69) is 0 Å². The van der Waals surface area contributed by atoms with Crippen molar-refractivity contribution >= 4 is 12.0 Å². The number of carbonyl (C=O) groups is 1. The van der Waals surface area contributed by atoms with Gasteiger partial charge in [-0.05, 0) is 18.1 Å². The molecule has 2 atom stereocenters. The van der Waals surface area contributed by atoms with Crippen molar-refractivity contribution in [1.82, 2.24) is 0 Å². The van der Waals surface area contributed by atoms with E-state index in [1.807, 2.05) is 37.3 Å². The van der Waals surface area contributed by atoms with Crippen molar-refractivity contribution < 1.29 is 19.4 Å². The predicted octanol–water partition coefficient (Wildman–Crippen LogP) is 2.65. The highest BCUT2D eigenvalue weighted by Gasteiger charge is 2.23. The van der Waals surface area contributed by atoms with Gasteiger partial charge in [0.25, 0.3) is 0 Å². The van der Waals surface area contributed by atoms with Gasteiger partial charge in [0.05, 0.1) is 25.7 Å². The van der Waals surface area contributed by atoms with Crippen LogP contribution >= 0.6 is 0 Å². The van der Waals surface area contributed by atoms with E-state index >= 15 is 0 Å². The van der Waals surface area contributed by atoms with Crippen molar-refractivity contribution in [2.24, 2.45) is 0 Å². The summed E-state index contributed by atoms with van der Waals surface area (Å²) in [6.07, 6.45) is 3.72. The second-order valence-corrected chi connectivity index (χ2v) is 4.56. The van der Waals surface area contributed by atoms with Crippen molar-refractivity contribution in [2.75, 3.05) is 13.2 Å². The zero-order chi connectivity index (χ0) is 13.7. The second-order valence-electron chi connectivity index (χ2n) is 4.56. The minimum Gasteiger partial charge on any atom is -0.481 e. The fourth-order valence-electron chi connectivity index (χ4n) is 1.83. The molecule has 0 spiro atoms. The first-order valence-electron chi connectivity index (χ1n) is 6.37. The van der Waals surface area contributed by atoms with E-state index in [4.69, 9.17) is 14.6 Å². The summed E-state index contributed by atoms with van der Waals surface area (Å²) >= 11 is 0. The quantitative estimate of drug-likeness (QED) is 0.767. The molecule has 0 aromatic heterocycles. The van der Waals surface area contributed by atoms with Gasteiger partial charge < -0.3 is 14.6 Å². The SMILES string of the molecule is C[C@@H](OC[C@H]1CO1)c1ccccc1/C=C/CC(=O)O. The fraction of sp³-hybridized carbons (Fsp3) is 0.400. The smallest absolute Gasteiger partial charge is 0.307 e. The molecule has 0 saturated carbocycles. The van der Waals surface area contributed by atoms with Crippen molar-refractivity contribution in [3.05, 3.63) is 41.5 Å². The molecular formula is C15H18O4. The number of hydrogen-bond acceptors (Lipinski definition) is 3. The van der Waals surface area contributed by atoms with Gasteiger partial charge in [-0.3, -0.25) is 4.79 Å². The molecule has 1 fully saturated rings. The Hall–Kier alpha value is -1.65. The Morgan fingerprint density at radius 2 is 2.32 bits per heavy atom. The molecule has 19 heavy (non-hydrogen) atoms. The van der Waals surface area contributed by atoms with Crippen LogP contribution in [-0.4, -0.2) is 30.4 Å². The lowest BCUT2D eigenvalue weighted by molar-refractivity contribution is -0.135. The number of benzene rings is 1. The third-order valence-corrected chi connectivity index (χ3v) is 2.96. The van der Waals surface area contributed by atoms with Gasteiger partial charge in [-0.2, -0.15) is 0 Å². The number of carboxylic acids is 1. The molecule has 4 heteroatoms. The number of rotatable bonds is 7. The summed E-state index contributed by atoms with van der Waals surface area (Å²) in [5.74, 6) is -0.830. The highest BCUT2D eigenvalue weighted by atomic mass is 16.6. The Bertz CT molecular complexity index is 463. The van der Waals surface area contributed by atoms with Crippen molar-refractivity contribution in [1.29, 1.82) is 0 Å². The molecule has 1 aliphatic heterocycles. The third kappa shape index (κ3) is 4.50. The van der Waals surface area contributed by atoms with Gasteiger partial charge in [-0.25, -0.2) is 0 Å². The first-order valence-corrected chi connectivity index (χ1v) is 6.37. The summed E-state index contributed by atoms with van der Waals surface area (Å²) in [4.78, 5) is 10.5. The Balaban J connectivity index is 2.01. The molecule has 0 unspecified atom stereocenters. The minimum absolute atomic E-state index is 0.0273. The van der Waals surface area contributed by atoms with E-state index in [1.54, 1.807) is 6.08 Å². The van der Waals surface area contributed by atoms with Crippen LogP contribution < -0.4 is 0 Å². The summed E-state index contributed by atoms with van der Waals surface area (Å²) in [7, 11) is 0. The zero-order valence-electron chi connectivity index (χ0n) is 10.9. The lowest BCUT2D eigenvalue weighted by Gasteiger charge is -2.15. The van der Waals surface area contributed by atoms with Crippen LogP contribution in [-0.2, 0) is 14.3 Å². The number of carboxylic acid groups (broad SMARTS) is 1. The summed E-state index contributed by atoms with van der Waals surface area (Å²) in [6, 6.07) is 7.85. The number of aliphatic carboxylic acids is 1. The van der Waals surface area contributed by atoms with E-state index < -0.39 is 5.97 Å². The average Bonchev–Trinajstić information content (AvgIpc) is 3.20. The van der Waals surface area contributed by atoms with Crippen LogP contribution in [0.25, 0.3) is 6.08 Å². The maximum Gasteiger partial charge on any atom is 0.307 e. The monoisotopic (exact) mass is 262 g/mol. The number of ether oxygens (including phenoxy) is 2. The lowest BCUT2D eigenvalue weighted by Crippen LogP contribution is -2.07. The first kappa shape index (κ1) is 13.8. The molecule has 1 aromatic carbocycles. The molecule has 4 nitrogen and oxygen atoms in total. The third-order valence-electron chi connectivity index (χ3n) is 2.96. The predicted molar refractivity (Wildman–Crippen MR) is 71.8 cm³/mol. The van der Waals surface area contributed by atoms with Crippen LogP contribution in [0.15, 0.2) is 30.3 Å². The summed E-state index contributed by atoms with van der Waals surface area (Å²) in [6.45, 7) is 3.38. The summed E-state index contributed by atoms with van der Waals surface area (Å²) in [5, 5.41) is 8.63. The molecule has 102 valence electrons. The number of hydrogen-bond donors (Lipinski definition) is 1. The van der Waals surface area contributed by atoms with Crippen LogP contribution in [0.2, 0.25) is 0 Å². The molecular weight excluding hydrogens is 244 g/mol. The highest BCUT2D eigenvalue weighted by molar-refractivity contribution is 5.70. The Morgan fingerprint density at radius 3 is 3.00 bits per heavy atom. The molecule has 1 saturated heterocycles. The van der Waals surface area contributed by atoms with Gasteiger partial charge in [0, 0.05) is 0 Å². The minimum atomic E-state index is -0.830. The topological polar surface area (TPSA) is 59.1 Å². The molecule has 1 N–H and O–H groups in total. The van der Waals surface area contributed by atoms with Crippen LogP contribution in [0.4, 0.5) is 0 Å². The van der Waals surface area contributed by atoms with Crippen molar-refractivity contribution in [2.45, 2.75) is 25.6 Å². The van der Waals surface area contributed by atoms with Gasteiger partial charge in [0.2, 0.25) is 0 Å². The van der Waals surface area contributed by atoms with Crippen molar-refractivity contribution in [3.63, 3.8) is 0 Å². The largest absolute Gasteiger partial charge is 0.481 e. The average molecular weight is 262 g/mol. The first-order chi connectivity index (χ1) is 9.16. The Labute approximate surface area is 112 Å². The standard InChI is InChI=1S/C15H18O4/c1-11(18-9-13-10-19-13)14-7-3-2-5-12(14)6-4-8-15(16)17/h2-7,11,13H,8-10H2,1H3,(H,16,17)/b6-4+/t11-,13+/m1/s1. The Kier molecular flexibility index (Phi) is 4.71. The van der Waals surface area contributed by atoms with Gasteiger partial charge >= 0.3 is 5.97 Å². The zero-order valence-corrected chi connectivity index (χ0v) is 10.9. The molecule has 1 aromatic rings. The van der Waals surface area contributed by atoms with E-state index in [9.17, 15) is 4.79 Å². The van der Waals surface area contributed by atoms with Crippen LogP contribution in [0.5, 0.6) is 0 Å². The highest BCUT2D eigenvalue weighted by Crippen LogP contribution is 2.24. The van der Waals surface area contributed by atoms with Crippen molar-refractivity contribution in [3.8, 4) is 0 Å². The molecule has 1 aliphatic rings. The van der Waals surface area contributed by atoms with Crippen LogP contribution in [0, 0.1) is 0 Å². The fourth-order valence-corrected chi connectivity index (χ4v) is 1.83. The number of epoxide rings is 1. The molecule has 0 aliphatic carbocycles. The van der Waals surface area contributed by atoms with Gasteiger partial charge in [0.15, 0.2) is 0 Å². The summed E-state index contributed by atoms with van der Waals surface area (Å²) < 4.78 is 10.9. The maximum atomic E-state index is 10.5.